The highest BCUT2D eigenvalue weighted by atomic mass is 35.5. The predicted molar refractivity (Wildman–Crippen MR) is 83.8 cm³/mol. The number of aromatic nitrogens is 1. The third-order valence-corrected chi connectivity index (χ3v) is 5.03. The minimum atomic E-state index is -2.69. The number of rotatable bonds is 3. The third-order valence-electron chi connectivity index (χ3n) is 4.72. The van der Waals surface area contributed by atoms with E-state index in [9.17, 15) is 18.7 Å². The molecule has 7 heteroatoms. The molecule has 1 aromatic rings. The van der Waals surface area contributed by atoms with Crippen molar-refractivity contribution < 1.29 is 18.7 Å². The maximum absolute atomic E-state index is 13.6. The first kappa shape index (κ1) is 16.4. The number of aromatic carboxylic acids is 1. The van der Waals surface area contributed by atoms with Crippen LogP contribution in [-0.4, -0.2) is 35.1 Å². The molecule has 3 rings (SSSR count). The van der Waals surface area contributed by atoms with E-state index in [0.29, 0.717) is 23.7 Å². The van der Waals surface area contributed by atoms with Gasteiger partial charge in [0.1, 0.15) is 11.4 Å². The van der Waals surface area contributed by atoms with Crippen LogP contribution in [0.15, 0.2) is 6.07 Å². The van der Waals surface area contributed by atoms with Gasteiger partial charge in [-0.25, -0.2) is 18.6 Å². The lowest BCUT2D eigenvalue weighted by atomic mass is 9.82. The van der Waals surface area contributed by atoms with Crippen molar-refractivity contribution in [2.45, 2.75) is 50.4 Å². The number of alkyl halides is 2. The molecule has 0 bridgehead atoms. The normalized spacial score (nSPS) is 21.6. The number of hydrogen-bond acceptors (Lipinski definition) is 3. The zero-order valence-corrected chi connectivity index (χ0v) is 13.5. The van der Waals surface area contributed by atoms with Gasteiger partial charge in [-0.1, -0.05) is 18.0 Å². The molecule has 0 aromatic carbocycles. The van der Waals surface area contributed by atoms with Crippen LogP contribution in [-0.2, 0) is 0 Å². The van der Waals surface area contributed by atoms with Gasteiger partial charge in [0.05, 0.1) is 10.7 Å². The zero-order valence-electron chi connectivity index (χ0n) is 12.7. The summed E-state index contributed by atoms with van der Waals surface area (Å²) in [7, 11) is 0. The van der Waals surface area contributed by atoms with Gasteiger partial charge >= 0.3 is 5.97 Å². The summed E-state index contributed by atoms with van der Waals surface area (Å²) in [5.41, 5.74) is 0.692. The van der Waals surface area contributed by atoms with Crippen molar-refractivity contribution in [2.75, 3.05) is 18.0 Å². The minimum Gasteiger partial charge on any atom is -0.478 e. The van der Waals surface area contributed by atoms with Crippen LogP contribution in [0, 0.1) is 0 Å². The molecule has 0 spiro atoms. The highest BCUT2D eigenvalue weighted by Crippen LogP contribution is 2.41. The number of pyridine rings is 1. The standard InChI is InChI=1S/C16H19ClF2N2O2/c17-12-9-11(15(22)23)14(20-13(12)10-3-1-4-10)21-7-2-5-16(18,19)6-8-21/h9-10H,1-8H2,(H,22,23). The van der Waals surface area contributed by atoms with E-state index in [4.69, 9.17) is 11.6 Å². The van der Waals surface area contributed by atoms with E-state index in [1.54, 1.807) is 4.90 Å². The summed E-state index contributed by atoms with van der Waals surface area (Å²) >= 11 is 6.21. The van der Waals surface area contributed by atoms with E-state index in [1.807, 2.05) is 0 Å². The number of nitrogens with zero attached hydrogens (tertiary/aromatic N) is 2. The molecule has 2 heterocycles. The lowest BCUT2D eigenvalue weighted by molar-refractivity contribution is -0.0102. The molecule has 4 nitrogen and oxygen atoms in total. The molecule has 126 valence electrons. The Balaban J connectivity index is 1.96. The number of hydrogen-bond donors (Lipinski definition) is 1. The molecule has 1 aromatic heterocycles. The summed E-state index contributed by atoms with van der Waals surface area (Å²) in [4.78, 5) is 17.7. The molecule has 23 heavy (non-hydrogen) atoms. The van der Waals surface area contributed by atoms with Crippen LogP contribution in [0.5, 0.6) is 0 Å². The molecule has 2 aliphatic rings. The molecule has 0 atom stereocenters. The summed E-state index contributed by atoms with van der Waals surface area (Å²) in [6.07, 6.45) is 2.93. The first-order valence-corrected chi connectivity index (χ1v) is 8.32. The predicted octanol–water partition coefficient (Wildman–Crippen LogP) is 4.33. The van der Waals surface area contributed by atoms with E-state index in [-0.39, 0.29) is 36.7 Å². The quantitative estimate of drug-likeness (QED) is 0.886. The molecular formula is C16H19ClF2N2O2. The fraction of sp³-hybridized carbons (Fsp3) is 0.625. The van der Waals surface area contributed by atoms with Gasteiger partial charge in [0.25, 0.3) is 0 Å². The van der Waals surface area contributed by atoms with Crippen LogP contribution in [0.4, 0.5) is 14.6 Å². The largest absolute Gasteiger partial charge is 0.478 e. The fourth-order valence-electron chi connectivity index (χ4n) is 3.14. The van der Waals surface area contributed by atoms with Crippen molar-refractivity contribution in [1.82, 2.24) is 4.98 Å². The zero-order chi connectivity index (χ0) is 16.6. The highest BCUT2D eigenvalue weighted by molar-refractivity contribution is 6.31. The molecular weight excluding hydrogens is 326 g/mol. The molecule has 1 N–H and O–H groups in total. The topological polar surface area (TPSA) is 53.4 Å². The van der Waals surface area contributed by atoms with Crippen molar-refractivity contribution in [3.05, 3.63) is 22.3 Å². The fourth-order valence-corrected chi connectivity index (χ4v) is 3.44. The molecule has 0 amide bonds. The van der Waals surface area contributed by atoms with Crippen LogP contribution in [0.3, 0.4) is 0 Å². The highest BCUT2D eigenvalue weighted by Gasteiger charge is 2.34. The van der Waals surface area contributed by atoms with E-state index in [2.05, 4.69) is 4.98 Å². The first-order chi connectivity index (χ1) is 10.9. The van der Waals surface area contributed by atoms with Crippen molar-refractivity contribution in [3.8, 4) is 0 Å². The first-order valence-electron chi connectivity index (χ1n) is 7.94. The van der Waals surface area contributed by atoms with E-state index in [0.717, 1.165) is 19.3 Å². The Hall–Kier alpha value is -1.43. The smallest absolute Gasteiger partial charge is 0.339 e. The van der Waals surface area contributed by atoms with Crippen LogP contribution >= 0.6 is 11.6 Å². The summed E-state index contributed by atoms with van der Waals surface area (Å²) in [5, 5.41) is 9.78. The summed E-state index contributed by atoms with van der Waals surface area (Å²) < 4.78 is 27.1. The SMILES string of the molecule is O=C(O)c1cc(Cl)c(C2CCC2)nc1N1CCCC(F)(F)CC1. The van der Waals surface area contributed by atoms with Gasteiger partial charge in [0, 0.05) is 31.8 Å². The van der Waals surface area contributed by atoms with Gasteiger partial charge in [-0.3, -0.25) is 0 Å². The summed E-state index contributed by atoms with van der Waals surface area (Å²) in [5.74, 6) is -3.30. The average Bonchev–Trinajstić information content (AvgIpc) is 2.59. The Labute approximate surface area is 138 Å². The lowest BCUT2D eigenvalue weighted by Crippen LogP contribution is -2.29. The van der Waals surface area contributed by atoms with E-state index in [1.165, 1.54) is 6.07 Å². The van der Waals surface area contributed by atoms with Crippen molar-refractivity contribution >= 4 is 23.4 Å². The maximum atomic E-state index is 13.6. The molecule has 1 saturated carbocycles. The third kappa shape index (κ3) is 3.42. The Bertz CT molecular complexity index is 620. The van der Waals surface area contributed by atoms with Crippen molar-refractivity contribution in [1.29, 1.82) is 0 Å². The van der Waals surface area contributed by atoms with E-state index >= 15 is 0 Å². The molecule has 1 aliphatic carbocycles. The summed E-state index contributed by atoms with van der Waals surface area (Å²) in [6, 6.07) is 1.42. The molecule has 0 radical (unpaired) electrons. The van der Waals surface area contributed by atoms with Gasteiger partial charge in [-0.2, -0.15) is 0 Å². The van der Waals surface area contributed by atoms with Crippen LogP contribution in [0.25, 0.3) is 0 Å². The Morgan fingerprint density at radius 3 is 2.65 bits per heavy atom. The maximum Gasteiger partial charge on any atom is 0.339 e. The van der Waals surface area contributed by atoms with Gasteiger partial charge in [0.15, 0.2) is 0 Å². The van der Waals surface area contributed by atoms with Gasteiger partial charge in [-0.15, -0.1) is 0 Å². The van der Waals surface area contributed by atoms with Crippen LogP contribution in [0.1, 0.15) is 60.5 Å². The monoisotopic (exact) mass is 344 g/mol. The van der Waals surface area contributed by atoms with Gasteiger partial charge in [-0.05, 0) is 25.3 Å². The molecule has 2 fully saturated rings. The van der Waals surface area contributed by atoms with Gasteiger partial charge in [0.2, 0.25) is 5.92 Å². The molecule has 1 saturated heterocycles. The second-order valence-electron chi connectivity index (χ2n) is 6.36. The summed E-state index contributed by atoms with van der Waals surface area (Å²) in [6.45, 7) is 0.487. The number of carbonyl (C=O) groups is 1. The number of halogens is 3. The Morgan fingerprint density at radius 2 is 2.04 bits per heavy atom. The Morgan fingerprint density at radius 1 is 1.30 bits per heavy atom. The molecule has 0 unspecified atom stereocenters. The molecule has 1 aliphatic heterocycles. The second-order valence-corrected chi connectivity index (χ2v) is 6.76. The number of carboxylic acid groups (broad SMARTS) is 1. The number of carboxylic acids is 1. The van der Waals surface area contributed by atoms with Gasteiger partial charge < -0.3 is 10.0 Å². The van der Waals surface area contributed by atoms with Crippen LogP contribution < -0.4 is 4.90 Å². The van der Waals surface area contributed by atoms with E-state index < -0.39 is 11.9 Å². The minimum absolute atomic E-state index is 0.0108. The van der Waals surface area contributed by atoms with Crippen LogP contribution in [0.2, 0.25) is 5.02 Å². The average molecular weight is 345 g/mol. The number of anilines is 1. The lowest BCUT2D eigenvalue weighted by Gasteiger charge is -2.29. The Kier molecular flexibility index (Phi) is 4.45. The second kappa shape index (κ2) is 6.23. The van der Waals surface area contributed by atoms with Crippen molar-refractivity contribution in [2.24, 2.45) is 0 Å². The van der Waals surface area contributed by atoms with Crippen molar-refractivity contribution in [3.63, 3.8) is 0 Å².